The molecular formula is C19H25N3O4. The number of likely N-dealkylation sites (tertiary alicyclic amines) is 1. The Balaban J connectivity index is 2.05. The number of carbonyl (C=O) groups excluding carboxylic acids is 3. The molecule has 0 radical (unpaired) electrons. The first-order chi connectivity index (χ1) is 12.3. The molecule has 2 saturated heterocycles. The Bertz CT molecular complexity index is 746. The van der Waals surface area contributed by atoms with E-state index in [9.17, 15) is 14.4 Å². The minimum atomic E-state index is -1.24. The molecule has 2 heterocycles. The van der Waals surface area contributed by atoms with Crippen LogP contribution >= 0.6 is 0 Å². The Morgan fingerprint density at radius 3 is 2.35 bits per heavy atom. The fourth-order valence-electron chi connectivity index (χ4n) is 4.18. The highest BCUT2D eigenvalue weighted by atomic mass is 16.5. The van der Waals surface area contributed by atoms with Crippen LogP contribution in [0.2, 0.25) is 0 Å². The lowest BCUT2D eigenvalue weighted by Crippen LogP contribution is -2.53. The molecule has 26 heavy (non-hydrogen) atoms. The summed E-state index contributed by atoms with van der Waals surface area (Å²) in [5, 5.41) is 3.23. The molecule has 2 amide bonds. The van der Waals surface area contributed by atoms with E-state index in [2.05, 4.69) is 5.32 Å². The van der Waals surface area contributed by atoms with Crippen molar-refractivity contribution >= 4 is 23.5 Å². The van der Waals surface area contributed by atoms with E-state index in [4.69, 9.17) is 4.74 Å². The number of carbonyl (C=O) groups is 3. The van der Waals surface area contributed by atoms with Gasteiger partial charge in [0.1, 0.15) is 5.54 Å². The zero-order valence-corrected chi connectivity index (χ0v) is 15.8. The predicted octanol–water partition coefficient (Wildman–Crippen LogP) is 0.950. The van der Waals surface area contributed by atoms with Gasteiger partial charge in [0, 0.05) is 32.4 Å². The third-order valence-corrected chi connectivity index (χ3v) is 5.57. The van der Waals surface area contributed by atoms with E-state index < -0.39 is 29.4 Å². The fraction of sp³-hybridized carbons (Fsp3) is 0.526. The Morgan fingerprint density at radius 1 is 1.23 bits per heavy atom. The number of nitrogens with one attached hydrogen (secondary N) is 1. The summed E-state index contributed by atoms with van der Waals surface area (Å²) in [6, 6.07) is 7.35. The van der Waals surface area contributed by atoms with Gasteiger partial charge in [0.2, 0.25) is 11.8 Å². The van der Waals surface area contributed by atoms with Gasteiger partial charge < -0.3 is 9.64 Å². The summed E-state index contributed by atoms with van der Waals surface area (Å²) in [5.74, 6) is -2.45. The summed E-state index contributed by atoms with van der Waals surface area (Å²) < 4.78 is 4.94. The van der Waals surface area contributed by atoms with Crippen molar-refractivity contribution in [2.24, 2.45) is 11.8 Å². The van der Waals surface area contributed by atoms with Crippen LogP contribution in [0.25, 0.3) is 0 Å². The first-order valence-corrected chi connectivity index (χ1v) is 8.74. The van der Waals surface area contributed by atoms with Crippen molar-refractivity contribution in [1.82, 2.24) is 10.2 Å². The van der Waals surface area contributed by atoms with Crippen molar-refractivity contribution < 1.29 is 19.1 Å². The lowest BCUT2D eigenvalue weighted by molar-refractivity contribution is -0.153. The molecule has 0 spiro atoms. The first-order valence-electron chi connectivity index (χ1n) is 8.74. The average Bonchev–Trinajstić information content (AvgIpc) is 3.08. The molecule has 7 heteroatoms. The summed E-state index contributed by atoms with van der Waals surface area (Å²) in [6.07, 6.45) is 0. The van der Waals surface area contributed by atoms with Crippen molar-refractivity contribution in [2.75, 3.05) is 32.6 Å². The lowest BCUT2D eigenvalue weighted by Gasteiger charge is -2.28. The number of rotatable bonds is 4. The van der Waals surface area contributed by atoms with E-state index in [-0.39, 0.29) is 11.8 Å². The molecule has 0 aliphatic carbocycles. The number of imide groups is 1. The molecule has 0 aromatic heterocycles. The molecule has 1 aromatic rings. The van der Waals surface area contributed by atoms with Gasteiger partial charge in [-0.2, -0.15) is 0 Å². The van der Waals surface area contributed by atoms with Gasteiger partial charge in [-0.05, 0) is 31.5 Å². The zero-order chi connectivity index (χ0) is 19.2. The summed E-state index contributed by atoms with van der Waals surface area (Å²) >= 11 is 0. The topological polar surface area (TPSA) is 79.0 Å². The maximum absolute atomic E-state index is 12.9. The molecule has 2 fully saturated rings. The Hall–Kier alpha value is -2.41. The number of benzene rings is 1. The van der Waals surface area contributed by atoms with Gasteiger partial charge in [-0.15, -0.1) is 0 Å². The maximum Gasteiger partial charge on any atom is 0.326 e. The van der Waals surface area contributed by atoms with Crippen LogP contribution < -0.4 is 10.2 Å². The summed E-state index contributed by atoms with van der Waals surface area (Å²) in [5.41, 5.74) is 0.668. The van der Waals surface area contributed by atoms with E-state index in [1.54, 1.807) is 13.8 Å². The maximum atomic E-state index is 12.9. The number of anilines is 1. The fourth-order valence-corrected chi connectivity index (χ4v) is 4.18. The number of ether oxygens (including phenoxy) is 1. The third kappa shape index (κ3) is 2.49. The summed E-state index contributed by atoms with van der Waals surface area (Å²) in [6.45, 7) is 3.71. The van der Waals surface area contributed by atoms with Crippen LogP contribution in [-0.4, -0.2) is 56.0 Å². The molecule has 140 valence electrons. The number of methoxy groups -OCH3 is 1. The Labute approximate surface area is 153 Å². The van der Waals surface area contributed by atoms with Crippen molar-refractivity contribution in [3.05, 3.63) is 29.8 Å². The highest BCUT2D eigenvalue weighted by molar-refractivity contribution is 6.09. The molecule has 0 unspecified atom stereocenters. The standard InChI is InChI=1S/C19H25N3O4/c1-6-22-16(23)13-14(17(22)24)19(2,18(25)26-5)20-15(13)11-7-9-12(10-8-11)21(3)4/h7-10,13-15,20H,6H2,1-5H3/t13-,14+,15-,19-/m1/s1. The summed E-state index contributed by atoms with van der Waals surface area (Å²) in [4.78, 5) is 41.4. The lowest BCUT2D eigenvalue weighted by atomic mass is 9.80. The number of nitrogens with zero attached hydrogens (tertiary/aromatic N) is 2. The first kappa shape index (κ1) is 18.4. The third-order valence-electron chi connectivity index (χ3n) is 5.57. The van der Waals surface area contributed by atoms with Crippen LogP contribution in [0.1, 0.15) is 25.5 Å². The molecule has 3 rings (SSSR count). The van der Waals surface area contributed by atoms with Crippen molar-refractivity contribution in [3.8, 4) is 0 Å². The molecule has 1 N–H and O–H groups in total. The number of esters is 1. The van der Waals surface area contributed by atoms with Crippen molar-refractivity contribution in [1.29, 1.82) is 0 Å². The summed E-state index contributed by atoms with van der Waals surface area (Å²) in [7, 11) is 5.19. The van der Waals surface area contributed by atoms with Crippen LogP contribution in [0.3, 0.4) is 0 Å². The van der Waals surface area contributed by atoms with Gasteiger partial charge in [0.05, 0.1) is 18.9 Å². The van der Waals surface area contributed by atoms with Gasteiger partial charge in [0.15, 0.2) is 0 Å². The monoisotopic (exact) mass is 359 g/mol. The van der Waals surface area contributed by atoms with Crippen LogP contribution in [0.4, 0.5) is 5.69 Å². The molecule has 2 aliphatic rings. The van der Waals surface area contributed by atoms with E-state index in [0.717, 1.165) is 11.3 Å². The van der Waals surface area contributed by atoms with E-state index in [1.165, 1.54) is 12.0 Å². The van der Waals surface area contributed by atoms with E-state index in [0.29, 0.717) is 6.54 Å². The smallest absolute Gasteiger partial charge is 0.326 e. The van der Waals surface area contributed by atoms with Gasteiger partial charge >= 0.3 is 5.97 Å². The highest BCUT2D eigenvalue weighted by Gasteiger charge is 2.66. The minimum absolute atomic E-state index is 0.232. The molecule has 0 bridgehead atoms. The number of hydrogen-bond donors (Lipinski definition) is 1. The zero-order valence-electron chi connectivity index (χ0n) is 15.8. The minimum Gasteiger partial charge on any atom is -0.468 e. The van der Waals surface area contributed by atoms with E-state index >= 15 is 0 Å². The highest BCUT2D eigenvalue weighted by Crippen LogP contribution is 2.49. The van der Waals surface area contributed by atoms with Gasteiger partial charge in [-0.3, -0.25) is 24.6 Å². The second kappa shape index (κ2) is 6.39. The molecule has 2 aliphatic heterocycles. The molecular weight excluding hydrogens is 334 g/mol. The van der Waals surface area contributed by atoms with Crippen LogP contribution in [0, 0.1) is 11.8 Å². The number of hydrogen-bond acceptors (Lipinski definition) is 6. The molecule has 4 atom stereocenters. The normalized spacial score (nSPS) is 30.5. The van der Waals surface area contributed by atoms with Crippen LogP contribution in [-0.2, 0) is 19.1 Å². The Kier molecular flexibility index (Phi) is 4.52. The van der Waals surface area contributed by atoms with Crippen LogP contribution in [0.5, 0.6) is 0 Å². The second-order valence-electron chi connectivity index (χ2n) is 7.23. The van der Waals surface area contributed by atoms with Crippen molar-refractivity contribution in [3.63, 3.8) is 0 Å². The SMILES string of the molecule is CCN1C(=O)[C@H]2[C@@H](c3ccc(N(C)C)cc3)N[C@@](C)(C(=O)OC)[C@@H]2C1=O. The quantitative estimate of drug-likeness (QED) is 0.637. The Morgan fingerprint density at radius 2 is 1.85 bits per heavy atom. The predicted molar refractivity (Wildman–Crippen MR) is 96.4 cm³/mol. The largest absolute Gasteiger partial charge is 0.468 e. The number of amides is 2. The number of fused-ring (bicyclic) bond motifs is 1. The van der Waals surface area contributed by atoms with Crippen LogP contribution in [0.15, 0.2) is 24.3 Å². The van der Waals surface area contributed by atoms with E-state index in [1.807, 2.05) is 43.3 Å². The van der Waals surface area contributed by atoms with Gasteiger partial charge in [0.25, 0.3) is 0 Å². The molecule has 1 aromatic carbocycles. The van der Waals surface area contributed by atoms with Crippen molar-refractivity contribution in [2.45, 2.75) is 25.4 Å². The van der Waals surface area contributed by atoms with Gasteiger partial charge in [-0.25, -0.2) is 0 Å². The average molecular weight is 359 g/mol. The molecule has 7 nitrogen and oxygen atoms in total. The second-order valence-corrected chi connectivity index (χ2v) is 7.23. The van der Waals surface area contributed by atoms with Gasteiger partial charge in [-0.1, -0.05) is 12.1 Å². The molecule has 0 saturated carbocycles.